The second kappa shape index (κ2) is 13.2. The summed E-state index contributed by atoms with van der Waals surface area (Å²) in [6.45, 7) is 8.29. The molecule has 0 saturated carbocycles. The van der Waals surface area contributed by atoms with Crippen molar-refractivity contribution in [2.75, 3.05) is 39.5 Å². The highest BCUT2D eigenvalue weighted by Crippen LogP contribution is 2.34. The number of allylic oxidation sites excluding steroid dienone is 2. The molecule has 1 aromatic heterocycles. The Kier molecular flexibility index (Phi) is 9.69. The maximum Gasteiger partial charge on any atom is 0.123 e. The number of anilines is 1. The topological polar surface area (TPSA) is 63.4 Å². The first-order chi connectivity index (χ1) is 17.0. The average Bonchev–Trinajstić information content (AvgIpc) is 2.88. The van der Waals surface area contributed by atoms with Gasteiger partial charge in [-0.1, -0.05) is 62.0 Å². The van der Waals surface area contributed by atoms with E-state index in [9.17, 15) is 0 Å². The van der Waals surface area contributed by atoms with Crippen LogP contribution < -0.4 is 15.8 Å². The van der Waals surface area contributed by atoms with Gasteiger partial charge in [0.15, 0.2) is 0 Å². The Hall–Kier alpha value is -3.83. The molecule has 0 aliphatic heterocycles. The van der Waals surface area contributed by atoms with E-state index in [2.05, 4.69) is 66.3 Å². The van der Waals surface area contributed by atoms with Crippen LogP contribution in [0.2, 0.25) is 0 Å². The minimum atomic E-state index is 0.515. The summed E-state index contributed by atoms with van der Waals surface area (Å²) in [6.07, 6.45) is 6.81. The van der Waals surface area contributed by atoms with Crippen molar-refractivity contribution in [1.29, 1.82) is 0 Å². The summed E-state index contributed by atoms with van der Waals surface area (Å²) >= 11 is 0. The number of pyridine rings is 1. The zero-order chi connectivity index (χ0) is 25.0. The molecule has 182 valence electrons. The predicted molar refractivity (Wildman–Crippen MR) is 148 cm³/mol. The molecule has 2 aromatic carbocycles. The fourth-order valence-corrected chi connectivity index (χ4v) is 3.72. The van der Waals surface area contributed by atoms with E-state index in [1.807, 2.05) is 61.6 Å². The van der Waals surface area contributed by atoms with Crippen LogP contribution >= 0.6 is 0 Å². The second-order valence-corrected chi connectivity index (χ2v) is 8.41. The highest BCUT2D eigenvalue weighted by atomic mass is 16.5. The van der Waals surface area contributed by atoms with E-state index in [4.69, 9.17) is 10.5 Å². The van der Waals surface area contributed by atoms with Gasteiger partial charge < -0.3 is 20.7 Å². The van der Waals surface area contributed by atoms with Crippen LogP contribution in [0.3, 0.4) is 0 Å². The number of nitrogens with two attached hydrogens (primary N) is 1. The fraction of sp³-hybridized carbons (Fsp3) is 0.233. The molecule has 0 aliphatic rings. The maximum absolute atomic E-state index is 5.94. The highest BCUT2D eigenvalue weighted by Gasteiger charge is 2.13. The van der Waals surface area contributed by atoms with Crippen molar-refractivity contribution in [2.24, 2.45) is 0 Å². The molecule has 5 nitrogen and oxygen atoms in total. The number of likely N-dealkylation sites (N-methyl/N-ethyl adjacent to an activating group) is 1. The van der Waals surface area contributed by atoms with Gasteiger partial charge in [0.25, 0.3) is 0 Å². The molecule has 0 unspecified atom stereocenters. The molecule has 0 aliphatic carbocycles. The lowest BCUT2D eigenvalue weighted by Crippen LogP contribution is -2.21. The Bertz CT molecular complexity index is 1130. The van der Waals surface area contributed by atoms with Gasteiger partial charge >= 0.3 is 0 Å². The minimum Gasteiger partial charge on any atom is -0.492 e. The van der Waals surface area contributed by atoms with E-state index >= 15 is 0 Å². The summed E-state index contributed by atoms with van der Waals surface area (Å²) in [5, 5.41) is 3.35. The van der Waals surface area contributed by atoms with Crippen molar-refractivity contribution in [1.82, 2.24) is 15.2 Å². The fourth-order valence-electron chi connectivity index (χ4n) is 3.72. The van der Waals surface area contributed by atoms with Crippen LogP contribution in [0.4, 0.5) is 5.82 Å². The third-order valence-corrected chi connectivity index (χ3v) is 5.69. The molecule has 5 heteroatoms. The summed E-state index contributed by atoms with van der Waals surface area (Å²) in [6, 6.07) is 22.7. The number of nitrogens with one attached hydrogen (secondary N) is 1. The number of hydrogen-bond donors (Lipinski definition) is 2. The molecule has 0 bridgehead atoms. The zero-order valence-corrected chi connectivity index (χ0v) is 21.0. The van der Waals surface area contributed by atoms with Crippen molar-refractivity contribution in [3.8, 4) is 5.75 Å². The van der Waals surface area contributed by atoms with Gasteiger partial charge in [0, 0.05) is 44.6 Å². The Balaban J connectivity index is 1.71. The third-order valence-electron chi connectivity index (χ3n) is 5.69. The van der Waals surface area contributed by atoms with E-state index in [1.165, 1.54) is 11.1 Å². The first-order valence-corrected chi connectivity index (χ1v) is 12.0. The first kappa shape index (κ1) is 25.8. The van der Waals surface area contributed by atoms with Crippen molar-refractivity contribution in [3.63, 3.8) is 0 Å². The zero-order valence-electron chi connectivity index (χ0n) is 21.0. The van der Waals surface area contributed by atoms with Gasteiger partial charge in [0.1, 0.15) is 18.2 Å². The van der Waals surface area contributed by atoms with Crippen LogP contribution in [-0.2, 0) is 0 Å². The number of nitrogen functional groups attached to an aromatic ring is 1. The summed E-state index contributed by atoms with van der Waals surface area (Å²) in [4.78, 5) is 6.33. The lowest BCUT2D eigenvalue weighted by molar-refractivity contribution is 0.316. The molecule has 35 heavy (non-hydrogen) atoms. The van der Waals surface area contributed by atoms with Gasteiger partial charge in [-0.05, 0) is 59.0 Å². The minimum absolute atomic E-state index is 0.515. The normalized spacial score (nSPS) is 11.9. The van der Waals surface area contributed by atoms with Crippen molar-refractivity contribution in [2.45, 2.75) is 13.3 Å². The summed E-state index contributed by atoms with van der Waals surface area (Å²) in [5.74, 6) is 1.36. The van der Waals surface area contributed by atoms with E-state index in [0.717, 1.165) is 47.7 Å². The van der Waals surface area contributed by atoms with Gasteiger partial charge in [0.2, 0.25) is 0 Å². The van der Waals surface area contributed by atoms with Crippen molar-refractivity contribution < 1.29 is 4.74 Å². The molecule has 0 fully saturated rings. The lowest BCUT2D eigenvalue weighted by Gasteiger charge is -2.17. The third kappa shape index (κ3) is 7.59. The molecular weight excluding hydrogens is 432 g/mol. The van der Waals surface area contributed by atoms with Gasteiger partial charge in [-0.25, -0.2) is 4.98 Å². The van der Waals surface area contributed by atoms with Gasteiger partial charge in [-0.3, -0.25) is 0 Å². The summed E-state index contributed by atoms with van der Waals surface area (Å²) in [5.41, 5.74) is 12.6. The Morgan fingerprint density at radius 3 is 2.34 bits per heavy atom. The molecule has 1 heterocycles. The molecule has 3 rings (SSSR count). The largest absolute Gasteiger partial charge is 0.492 e. The number of nitrogens with zero attached hydrogens (tertiary/aromatic N) is 2. The van der Waals surface area contributed by atoms with Crippen molar-refractivity contribution >= 4 is 17.0 Å². The predicted octanol–water partition coefficient (Wildman–Crippen LogP) is 5.63. The quantitative estimate of drug-likeness (QED) is 0.205. The van der Waals surface area contributed by atoms with Crippen LogP contribution in [0.25, 0.3) is 11.1 Å². The molecule has 0 radical (unpaired) electrons. The van der Waals surface area contributed by atoms with E-state index in [1.54, 1.807) is 0 Å². The van der Waals surface area contributed by atoms with Gasteiger partial charge in [0.05, 0.1) is 0 Å². The number of hydrogen-bond acceptors (Lipinski definition) is 5. The second-order valence-electron chi connectivity index (χ2n) is 8.41. The number of rotatable bonds is 12. The SMILES string of the molecule is C=C(/C=C/CNCCOc1ccc(/C(=C(/CC)c2ccccc2)c2ccc(N)nc2)cc1)N(C)C. The van der Waals surface area contributed by atoms with E-state index in [-0.39, 0.29) is 0 Å². The van der Waals surface area contributed by atoms with Gasteiger partial charge in [-0.2, -0.15) is 0 Å². The molecule has 0 atom stereocenters. The van der Waals surface area contributed by atoms with E-state index in [0.29, 0.717) is 12.4 Å². The van der Waals surface area contributed by atoms with Crippen LogP contribution in [0, 0.1) is 0 Å². The summed E-state index contributed by atoms with van der Waals surface area (Å²) in [7, 11) is 3.96. The van der Waals surface area contributed by atoms with E-state index < -0.39 is 0 Å². The molecule has 3 N–H and O–H groups in total. The number of benzene rings is 2. The smallest absolute Gasteiger partial charge is 0.123 e. The van der Waals surface area contributed by atoms with Gasteiger partial charge in [-0.15, -0.1) is 0 Å². The van der Waals surface area contributed by atoms with Crippen LogP contribution in [-0.4, -0.2) is 43.7 Å². The Labute approximate surface area is 209 Å². The molecule has 3 aromatic rings. The Morgan fingerprint density at radius 2 is 1.71 bits per heavy atom. The standard InChI is InChI=1S/C30H36N4O/c1-5-28(24-11-7-6-8-12-24)30(26-15-18-29(31)33-22-26)25-13-16-27(17-14-25)35-21-20-32-19-9-10-23(2)34(3)4/h6-18,22,32H,2,5,19-21H2,1,3-4H3,(H2,31,33)/b10-9+,30-28+. The van der Waals surface area contributed by atoms with Crippen LogP contribution in [0.1, 0.15) is 30.0 Å². The maximum atomic E-state index is 5.94. The Morgan fingerprint density at radius 1 is 1.00 bits per heavy atom. The van der Waals surface area contributed by atoms with Crippen LogP contribution in [0.15, 0.2) is 97.4 Å². The monoisotopic (exact) mass is 468 g/mol. The lowest BCUT2D eigenvalue weighted by atomic mass is 9.89. The summed E-state index contributed by atoms with van der Waals surface area (Å²) < 4.78 is 5.94. The number of ether oxygens (including phenoxy) is 1. The molecule has 0 amide bonds. The molecule has 0 saturated heterocycles. The molecular formula is C30H36N4O. The first-order valence-electron chi connectivity index (χ1n) is 12.0. The van der Waals surface area contributed by atoms with Crippen LogP contribution in [0.5, 0.6) is 5.75 Å². The van der Waals surface area contributed by atoms with Crippen molar-refractivity contribution in [3.05, 3.63) is 114 Å². The highest BCUT2D eigenvalue weighted by molar-refractivity contribution is 5.98. The number of aromatic nitrogens is 1. The average molecular weight is 469 g/mol. The molecule has 0 spiro atoms.